The predicted molar refractivity (Wildman–Crippen MR) is 81.2 cm³/mol. The van der Waals surface area contributed by atoms with Crippen LogP contribution in [-0.4, -0.2) is 59.0 Å². The maximum absolute atomic E-state index is 11.1. The van der Waals surface area contributed by atoms with Gasteiger partial charge in [0.25, 0.3) is 0 Å². The smallest absolute Gasteiger partial charge is 0.339 e. The maximum atomic E-state index is 11.1. The number of hydrogen-bond donors (Lipinski definition) is 4. The summed E-state index contributed by atoms with van der Waals surface area (Å²) in [6.45, 7) is 3.51. The maximum Gasteiger partial charge on any atom is 0.339 e. The van der Waals surface area contributed by atoms with E-state index in [2.05, 4.69) is 10.2 Å². The molecule has 1 aromatic carbocycles. The zero-order chi connectivity index (χ0) is 14.5. The third-order valence-corrected chi connectivity index (χ3v) is 3.63. The monoisotopic (exact) mass is 316 g/mol. The number of aliphatic hydroxyl groups is 1. The molecule has 1 aliphatic heterocycles. The van der Waals surface area contributed by atoms with Crippen molar-refractivity contribution in [3.8, 4) is 5.75 Å². The number of aromatic hydroxyl groups is 1. The Bertz CT molecular complexity index is 478. The summed E-state index contributed by atoms with van der Waals surface area (Å²) in [7, 11) is 0. The molecule has 0 radical (unpaired) electrons. The van der Waals surface area contributed by atoms with Gasteiger partial charge in [0.05, 0.1) is 0 Å². The molecule has 0 spiro atoms. The van der Waals surface area contributed by atoms with Gasteiger partial charge < -0.3 is 20.6 Å². The van der Waals surface area contributed by atoms with Gasteiger partial charge in [-0.05, 0) is 24.1 Å². The first-order valence-corrected chi connectivity index (χ1v) is 6.75. The van der Waals surface area contributed by atoms with E-state index < -0.39 is 5.97 Å². The second-order valence-electron chi connectivity index (χ2n) is 4.90. The first-order valence-electron chi connectivity index (χ1n) is 6.75. The summed E-state index contributed by atoms with van der Waals surface area (Å²) < 4.78 is 0. The van der Waals surface area contributed by atoms with E-state index in [4.69, 9.17) is 5.11 Å². The first kappa shape index (κ1) is 17.7. The van der Waals surface area contributed by atoms with Crippen LogP contribution in [0, 0.1) is 0 Å². The molecule has 1 heterocycles. The van der Waals surface area contributed by atoms with Crippen molar-refractivity contribution in [1.29, 1.82) is 0 Å². The highest BCUT2D eigenvalue weighted by Gasteiger charge is 2.23. The molecule has 118 valence electrons. The number of nitrogens with one attached hydrogen (secondary N) is 1. The van der Waals surface area contributed by atoms with Gasteiger partial charge in [0, 0.05) is 38.8 Å². The molecule has 0 unspecified atom stereocenters. The SMILES string of the molecule is Cl.O=C(O)c1cc([C@@H](CCO)N2CCNCC2)ccc1O. The van der Waals surface area contributed by atoms with Crippen LogP contribution < -0.4 is 5.32 Å². The van der Waals surface area contributed by atoms with Crippen molar-refractivity contribution in [2.45, 2.75) is 12.5 Å². The van der Waals surface area contributed by atoms with Gasteiger partial charge in [0.15, 0.2) is 0 Å². The highest BCUT2D eigenvalue weighted by molar-refractivity contribution is 5.90. The molecular weight excluding hydrogens is 296 g/mol. The van der Waals surface area contributed by atoms with Gasteiger partial charge in [0.2, 0.25) is 0 Å². The van der Waals surface area contributed by atoms with Crippen molar-refractivity contribution in [2.75, 3.05) is 32.8 Å². The molecule has 4 N–H and O–H groups in total. The molecule has 1 saturated heterocycles. The number of halogens is 1. The van der Waals surface area contributed by atoms with Crippen LogP contribution >= 0.6 is 12.4 Å². The molecule has 7 heteroatoms. The van der Waals surface area contributed by atoms with Crippen LogP contribution in [-0.2, 0) is 0 Å². The molecule has 6 nitrogen and oxygen atoms in total. The molecule has 1 aliphatic rings. The second-order valence-corrected chi connectivity index (χ2v) is 4.90. The quantitative estimate of drug-likeness (QED) is 0.643. The van der Waals surface area contributed by atoms with Crippen molar-refractivity contribution in [3.05, 3.63) is 29.3 Å². The van der Waals surface area contributed by atoms with Gasteiger partial charge in [-0.2, -0.15) is 0 Å². The Morgan fingerprint density at radius 3 is 2.57 bits per heavy atom. The summed E-state index contributed by atoms with van der Waals surface area (Å²) in [6, 6.07) is 4.61. The highest BCUT2D eigenvalue weighted by Crippen LogP contribution is 2.28. The minimum absolute atomic E-state index is 0. The zero-order valence-electron chi connectivity index (χ0n) is 11.7. The number of aromatic carboxylic acids is 1. The number of piperazine rings is 1. The first-order chi connectivity index (χ1) is 9.63. The van der Waals surface area contributed by atoms with Crippen molar-refractivity contribution in [3.63, 3.8) is 0 Å². The van der Waals surface area contributed by atoms with Crippen molar-refractivity contribution >= 4 is 18.4 Å². The molecule has 1 atom stereocenters. The van der Waals surface area contributed by atoms with E-state index in [9.17, 15) is 15.0 Å². The van der Waals surface area contributed by atoms with E-state index in [0.29, 0.717) is 6.42 Å². The fraction of sp³-hybridized carbons (Fsp3) is 0.500. The van der Waals surface area contributed by atoms with Gasteiger partial charge in [0.1, 0.15) is 11.3 Å². The fourth-order valence-electron chi connectivity index (χ4n) is 2.61. The van der Waals surface area contributed by atoms with E-state index in [0.717, 1.165) is 31.7 Å². The lowest BCUT2D eigenvalue weighted by molar-refractivity contribution is 0.0693. The summed E-state index contributed by atoms with van der Waals surface area (Å²) in [5, 5.41) is 31.2. The van der Waals surface area contributed by atoms with Crippen molar-refractivity contribution in [1.82, 2.24) is 10.2 Å². The Labute approximate surface area is 129 Å². The third kappa shape index (κ3) is 4.31. The summed E-state index contributed by atoms with van der Waals surface area (Å²) in [5.41, 5.74) is 0.719. The lowest BCUT2D eigenvalue weighted by atomic mass is 9.98. The minimum atomic E-state index is -1.15. The second kappa shape index (κ2) is 8.19. The number of carboxylic acids is 1. The number of carbonyl (C=O) groups is 1. The van der Waals surface area contributed by atoms with Gasteiger partial charge >= 0.3 is 5.97 Å². The number of phenols is 1. The molecule has 21 heavy (non-hydrogen) atoms. The fourth-order valence-corrected chi connectivity index (χ4v) is 2.61. The normalized spacial score (nSPS) is 17.0. The molecular formula is C14H21ClN2O4. The molecule has 0 bridgehead atoms. The van der Waals surface area contributed by atoms with Crippen LogP contribution in [0.3, 0.4) is 0 Å². The van der Waals surface area contributed by atoms with Crippen LogP contribution in [0.2, 0.25) is 0 Å². The van der Waals surface area contributed by atoms with Crippen LogP contribution in [0.4, 0.5) is 0 Å². The molecule has 1 fully saturated rings. The molecule has 0 amide bonds. The number of hydrogen-bond acceptors (Lipinski definition) is 5. The Kier molecular flexibility index (Phi) is 6.91. The topological polar surface area (TPSA) is 93.0 Å². The van der Waals surface area contributed by atoms with Gasteiger partial charge in [-0.25, -0.2) is 4.79 Å². The van der Waals surface area contributed by atoms with E-state index in [1.165, 1.54) is 12.1 Å². The molecule has 2 rings (SSSR count). The minimum Gasteiger partial charge on any atom is -0.507 e. The van der Waals surface area contributed by atoms with Crippen molar-refractivity contribution in [2.24, 2.45) is 0 Å². The van der Waals surface area contributed by atoms with E-state index in [-0.39, 0.29) is 36.4 Å². The summed E-state index contributed by atoms with van der Waals surface area (Å²) in [4.78, 5) is 13.3. The van der Waals surface area contributed by atoms with Gasteiger partial charge in [-0.15, -0.1) is 12.4 Å². The number of carboxylic acid groups (broad SMARTS) is 1. The lowest BCUT2D eigenvalue weighted by Gasteiger charge is -2.35. The number of nitrogens with zero attached hydrogens (tertiary/aromatic N) is 1. The van der Waals surface area contributed by atoms with Crippen molar-refractivity contribution < 1.29 is 20.1 Å². The summed E-state index contributed by atoms with van der Waals surface area (Å²) >= 11 is 0. The Balaban J connectivity index is 0.00000220. The zero-order valence-corrected chi connectivity index (χ0v) is 12.5. The largest absolute Gasteiger partial charge is 0.507 e. The van der Waals surface area contributed by atoms with Crippen LogP contribution in [0.15, 0.2) is 18.2 Å². The standard InChI is InChI=1S/C14H20N2O4.ClH/c17-8-3-12(16-6-4-15-5-7-16)10-1-2-13(18)11(9-10)14(19)20;/h1-2,9,12,15,17-18H,3-8H2,(H,19,20);1H/t12-;/m1./s1. The van der Waals surface area contributed by atoms with Crippen LogP contribution in [0.1, 0.15) is 28.4 Å². The molecule has 0 saturated carbocycles. The van der Waals surface area contributed by atoms with Crippen LogP contribution in [0.25, 0.3) is 0 Å². The predicted octanol–water partition coefficient (Wildman–Crippen LogP) is 0.841. The number of aliphatic hydroxyl groups excluding tert-OH is 1. The highest BCUT2D eigenvalue weighted by atomic mass is 35.5. The average molecular weight is 317 g/mol. The third-order valence-electron chi connectivity index (χ3n) is 3.63. The van der Waals surface area contributed by atoms with E-state index in [1.54, 1.807) is 6.07 Å². The summed E-state index contributed by atoms with van der Waals surface area (Å²) in [6.07, 6.45) is 0.545. The van der Waals surface area contributed by atoms with E-state index >= 15 is 0 Å². The van der Waals surface area contributed by atoms with Gasteiger partial charge in [-0.3, -0.25) is 4.90 Å². The average Bonchev–Trinajstić information content (AvgIpc) is 2.46. The van der Waals surface area contributed by atoms with Crippen LogP contribution in [0.5, 0.6) is 5.75 Å². The summed E-state index contributed by atoms with van der Waals surface area (Å²) in [5.74, 6) is -1.38. The Morgan fingerprint density at radius 1 is 1.33 bits per heavy atom. The van der Waals surface area contributed by atoms with Gasteiger partial charge in [-0.1, -0.05) is 6.07 Å². The Morgan fingerprint density at radius 2 is 2.00 bits per heavy atom. The molecule has 0 aliphatic carbocycles. The van der Waals surface area contributed by atoms with E-state index in [1.807, 2.05) is 0 Å². The lowest BCUT2D eigenvalue weighted by Crippen LogP contribution is -2.45. The molecule has 0 aromatic heterocycles. The Hall–Kier alpha value is -1.34. The number of rotatable bonds is 5. The number of benzene rings is 1. The molecule has 1 aromatic rings.